The van der Waals surface area contributed by atoms with E-state index in [-0.39, 0.29) is 12.2 Å². The van der Waals surface area contributed by atoms with Crippen molar-refractivity contribution in [2.24, 2.45) is 0 Å². The number of carboxylic acids is 1. The number of aliphatic carboxylic acids is 1. The first-order valence-electron chi connectivity index (χ1n) is 6.36. The SMILES string of the molecule is Cc1cc(OF)c(CNCCC(=O)O)c2ccccc12. The van der Waals surface area contributed by atoms with E-state index in [0.717, 1.165) is 16.3 Å². The molecule has 4 nitrogen and oxygen atoms in total. The highest BCUT2D eigenvalue weighted by Gasteiger charge is 2.12. The van der Waals surface area contributed by atoms with Crippen molar-refractivity contribution in [1.29, 1.82) is 0 Å². The van der Waals surface area contributed by atoms with E-state index in [2.05, 4.69) is 10.3 Å². The molecule has 0 atom stereocenters. The first-order valence-corrected chi connectivity index (χ1v) is 6.36. The van der Waals surface area contributed by atoms with Gasteiger partial charge < -0.3 is 10.4 Å². The maximum Gasteiger partial charge on any atom is 0.304 e. The van der Waals surface area contributed by atoms with Crippen LogP contribution < -0.4 is 10.3 Å². The minimum absolute atomic E-state index is 0.0234. The lowest BCUT2D eigenvalue weighted by Gasteiger charge is -2.12. The standard InChI is InChI=1S/C15H16FNO3/c1-10-8-14(20-16)13(9-17-7-6-15(18)19)12-5-3-2-4-11(10)12/h2-5,8,17H,6-7,9H2,1H3,(H,18,19). The predicted molar refractivity (Wildman–Crippen MR) is 74.4 cm³/mol. The molecule has 20 heavy (non-hydrogen) atoms. The fraction of sp³-hybridized carbons (Fsp3) is 0.267. The number of halogens is 1. The second kappa shape index (κ2) is 6.34. The second-order valence-corrected chi connectivity index (χ2v) is 4.61. The molecule has 0 amide bonds. The van der Waals surface area contributed by atoms with Crippen molar-refractivity contribution in [2.45, 2.75) is 19.9 Å². The molecule has 0 bridgehead atoms. The van der Waals surface area contributed by atoms with Gasteiger partial charge in [0, 0.05) is 23.2 Å². The van der Waals surface area contributed by atoms with Gasteiger partial charge in [-0.3, -0.25) is 9.74 Å². The van der Waals surface area contributed by atoms with Crippen LogP contribution in [-0.2, 0) is 11.3 Å². The largest absolute Gasteiger partial charge is 0.481 e. The van der Waals surface area contributed by atoms with Crippen LogP contribution in [0.2, 0.25) is 0 Å². The van der Waals surface area contributed by atoms with E-state index in [9.17, 15) is 9.32 Å². The van der Waals surface area contributed by atoms with Gasteiger partial charge in [-0.2, -0.15) is 0 Å². The summed E-state index contributed by atoms with van der Waals surface area (Å²) in [5, 5.41) is 13.5. The maximum atomic E-state index is 12.7. The average molecular weight is 277 g/mol. The quantitative estimate of drug-likeness (QED) is 0.797. The van der Waals surface area contributed by atoms with E-state index >= 15 is 0 Å². The van der Waals surface area contributed by atoms with Gasteiger partial charge in [-0.05, 0) is 29.3 Å². The zero-order valence-electron chi connectivity index (χ0n) is 11.1. The van der Waals surface area contributed by atoms with Crippen LogP contribution in [-0.4, -0.2) is 17.6 Å². The topological polar surface area (TPSA) is 58.6 Å². The fourth-order valence-electron chi connectivity index (χ4n) is 2.24. The minimum atomic E-state index is -0.867. The Morgan fingerprint density at radius 3 is 2.70 bits per heavy atom. The number of benzene rings is 2. The summed E-state index contributed by atoms with van der Waals surface area (Å²) >= 11 is 0. The molecule has 0 unspecified atom stereocenters. The number of hydrogen-bond acceptors (Lipinski definition) is 3. The molecule has 0 aromatic heterocycles. The van der Waals surface area contributed by atoms with E-state index in [1.54, 1.807) is 6.07 Å². The highest BCUT2D eigenvalue weighted by molar-refractivity contribution is 5.90. The van der Waals surface area contributed by atoms with E-state index in [4.69, 9.17) is 5.11 Å². The Labute approximate surface area is 116 Å². The molecule has 0 spiro atoms. The van der Waals surface area contributed by atoms with Crippen LogP contribution in [0.4, 0.5) is 4.53 Å². The third-order valence-electron chi connectivity index (χ3n) is 3.22. The monoisotopic (exact) mass is 277 g/mol. The number of carboxylic acid groups (broad SMARTS) is 1. The summed E-state index contributed by atoms with van der Waals surface area (Å²) in [6.07, 6.45) is 0.0234. The molecule has 2 rings (SSSR count). The maximum absolute atomic E-state index is 12.7. The van der Waals surface area contributed by atoms with Gasteiger partial charge in [0.2, 0.25) is 0 Å². The average Bonchev–Trinajstić information content (AvgIpc) is 2.45. The predicted octanol–water partition coefficient (Wildman–Crippen LogP) is 2.98. The Bertz CT molecular complexity index is 628. The molecule has 0 saturated heterocycles. The number of carbonyl (C=O) groups is 1. The summed E-state index contributed by atoms with van der Waals surface area (Å²) < 4.78 is 12.7. The van der Waals surface area contributed by atoms with Crippen molar-refractivity contribution in [3.05, 3.63) is 41.5 Å². The zero-order valence-corrected chi connectivity index (χ0v) is 11.1. The molecule has 2 aromatic carbocycles. The van der Waals surface area contributed by atoms with Crippen molar-refractivity contribution >= 4 is 16.7 Å². The number of hydrogen-bond donors (Lipinski definition) is 2. The van der Waals surface area contributed by atoms with Gasteiger partial charge in [0.05, 0.1) is 6.42 Å². The smallest absolute Gasteiger partial charge is 0.304 e. The Balaban J connectivity index is 2.30. The third-order valence-corrected chi connectivity index (χ3v) is 3.22. The summed E-state index contributed by atoms with van der Waals surface area (Å²) in [4.78, 5) is 14.4. The van der Waals surface area contributed by atoms with Crippen molar-refractivity contribution in [3.8, 4) is 5.75 Å². The molecule has 5 heteroatoms. The van der Waals surface area contributed by atoms with E-state index < -0.39 is 5.97 Å². The lowest BCUT2D eigenvalue weighted by Crippen LogP contribution is -2.18. The van der Waals surface area contributed by atoms with Crippen molar-refractivity contribution in [3.63, 3.8) is 0 Å². The second-order valence-electron chi connectivity index (χ2n) is 4.61. The number of nitrogens with one attached hydrogen (secondary N) is 1. The van der Waals surface area contributed by atoms with Crippen LogP contribution >= 0.6 is 0 Å². The third kappa shape index (κ3) is 3.05. The summed E-state index contributed by atoms with van der Waals surface area (Å²) in [5.41, 5.74) is 1.63. The molecular formula is C15H16FNO3. The van der Waals surface area contributed by atoms with E-state index in [1.807, 2.05) is 31.2 Å². The van der Waals surface area contributed by atoms with E-state index in [0.29, 0.717) is 18.7 Å². The van der Waals surface area contributed by atoms with Crippen molar-refractivity contribution < 1.29 is 19.4 Å². The van der Waals surface area contributed by atoms with Gasteiger partial charge in [0.25, 0.3) is 0 Å². The summed E-state index contributed by atoms with van der Waals surface area (Å²) in [5.74, 6) is -0.697. The highest BCUT2D eigenvalue weighted by Crippen LogP contribution is 2.31. The minimum Gasteiger partial charge on any atom is -0.481 e. The lowest BCUT2D eigenvalue weighted by molar-refractivity contribution is -0.136. The van der Waals surface area contributed by atoms with Crippen molar-refractivity contribution in [1.82, 2.24) is 5.32 Å². The molecule has 2 aromatic rings. The fourth-order valence-corrected chi connectivity index (χ4v) is 2.24. The molecule has 0 radical (unpaired) electrons. The molecule has 106 valence electrons. The van der Waals surface area contributed by atoms with E-state index in [1.165, 1.54) is 0 Å². The van der Waals surface area contributed by atoms with Gasteiger partial charge in [-0.15, -0.1) is 0 Å². The molecule has 0 aliphatic carbocycles. The van der Waals surface area contributed by atoms with Gasteiger partial charge in [0.1, 0.15) is 0 Å². The molecule has 0 fully saturated rings. The molecular weight excluding hydrogens is 261 g/mol. The number of aryl methyl sites for hydroxylation is 1. The lowest BCUT2D eigenvalue weighted by atomic mass is 9.99. The zero-order chi connectivity index (χ0) is 14.5. The summed E-state index contributed by atoms with van der Waals surface area (Å²) in [6.45, 7) is 2.57. The number of fused-ring (bicyclic) bond motifs is 1. The molecule has 0 saturated carbocycles. The van der Waals surface area contributed by atoms with Crippen LogP contribution in [0.3, 0.4) is 0 Å². The van der Waals surface area contributed by atoms with Crippen LogP contribution in [0.5, 0.6) is 5.75 Å². The van der Waals surface area contributed by atoms with Crippen LogP contribution in [0.1, 0.15) is 17.5 Å². The van der Waals surface area contributed by atoms with Crippen molar-refractivity contribution in [2.75, 3.05) is 6.54 Å². The normalized spacial score (nSPS) is 10.7. The summed E-state index contributed by atoms with van der Waals surface area (Å²) in [6, 6.07) is 9.32. The van der Waals surface area contributed by atoms with Crippen LogP contribution in [0.15, 0.2) is 30.3 Å². The first-order chi connectivity index (χ1) is 9.63. The summed E-state index contributed by atoms with van der Waals surface area (Å²) in [7, 11) is 0. The molecule has 2 N–H and O–H groups in total. The molecule has 0 aliphatic rings. The first kappa shape index (κ1) is 14.3. The van der Waals surface area contributed by atoms with Crippen LogP contribution in [0.25, 0.3) is 10.8 Å². The molecule has 0 aliphatic heterocycles. The van der Waals surface area contributed by atoms with Gasteiger partial charge in [-0.25, -0.2) is 0 Å². The Kier molecular flexibility index (Phi) is 4.53. The Morgan fingerprint density at radius 1 is 1.35 bits per heavy atom. The van der Waals surface area contributed by atoms with Gasteiger partial charge in [-0.1, -0.05) is 24.3 Å². The highest BCUT2D eigenvalue weighted by atomic mass is 19.3. The van der Waals surface area contributed by atoms with Gasteiger partial charge >= 0.3 is 5.97 Å². The Hall–Kier alpha value is -2.14. The molecule has 0 heterocycles. The Morgan fingerprint density at radius 2 is 2.05 bits per heavy atom. The van der Waals surface area contributed by atoms with Gasteiger partial charge in [0.15, 0.2) is 5.75 Å². The number of rotatable bonds is 6. The van der Waals surface area contributed by atoms with Crippen LogP contribution in [0, 0.1) is 6.92 Å².